The highest BCUT2D eigenvalue weighted by Crippen LogP contribution is 2.36. The summed E-state index contributed by atoms with van der Waals surface area (Å²) in [5.41, 5.74) is 1.27. The highest BCUT2D eigenvalue weighted by molar-refractivity contribution is 7.15. The number of rotatable bonds is 7. The van der Waals surface area contributed by atoms with Crippen molar-refractivity contribution in [1.29, 1.82) is 0 Å². The predicted molar refractivity (Wildman–Crippen MR) is 86.4 cm³/mol. The van der Waals surface area contributed by atoms with Crippen LogP contribution < -0.4 is 0 Å². The fraction of sp³-hybridized carbons (Fsp3) is 0.438. The number of hydrogen-bond acceptors (Lipinski definition) is 4. The average molecular weight is 323 g/mol. The topological polar surface area (TPSA) is 36.4 Å². The van der Waals surface area contributed by atoms with Gasteiger partial charge in [0.15, 0.2) is 4.47 Å². The summed E-state index contributed by atoms with van der Waals surface area (Å²) in [5, 5.41) is 9.79. The number of benzene rings is 1. The summed E-state index contributed by atoms with van der Waals surface area (Å²) in [5.74, 6) is 0.627. The zero-order chi connectivity index (χ0) is 14.7. The number of aliphatic hydroxyl groups excluding tert-OH is 1. The molecule has 0 amide bonds. The van der Waals surface area contributed by atoms with Crippen molar-refractivity contribution < 1.29 is 5.11 Å². The molecule has 5 heteroatoms. The average Bonchev–Trinajstić information content (AvgIpc) is 3.24. The lowest BCUT2D eigenvalue weighted by Crippen LogP contribution is -2.38. The summed E-state index contributed by atoms with van der Waals surface area (Å²) in [6.45, 7) is 1.85. The van der Waals surface area contributed by atoms with E-state index in [9.17, 15) is 5.11 Å². The van der Waals surface area contributed by atoms with E-state index in [1.165, 1.54) is 29.7 Å². The maximum atomic E-state index is 9.79. The van der Waals surface area contributed by atoms with Crippen molar-refractivity contribution in [3.63, 3.8) is 0 Å². The molecule has 1 aromatic heterocycles. The minimum atomic E-state index is 0.212. The van der Waals surface area contributed by atoms with E-state index in [4.69, 9.17) is 11.6 Å². The Morgan fingerprint density at radius 3 is 2.62 bits per heavy atom. The van der Waals surface area contributed by atoms with Crippen molar-refractivity contribution >= 4 is 22.9 Å². The first-order valence-corrected chi connectivity index (χ1v) is 8.44. The fourth-order valence-electron chi connectivity index (χ4n) is 2.71. The molecule has 1 aliphatic carbocycles. The zero-order valence-electron chi connectivity index (χ0n) is 11.8. The van der Waals surface area contributed by atoms with E-state index in [2.05, 4.69) is 34.1 Å². The molecule has 3 rings (SSSR count). The van der Waals surface area contributed by atoms with Gasteiger partial charge in [-0.25, -0.2) is 4.98 Å². The van der Waals surface area contributed by atoms with Gasteiger partial charge in [0.1, 0.15) is 0 Å². The second-order valence-corrected chi connectivity index (χ2v) is 7.25. The third-order valence-electron chi connectivity index (χ3n) is 3.94. The van der Waals surface area contributed by atoms with Crippen molar-refractivity contribution in [2.45, 2.75) is 32.0 Å². The van der Waals surface area contributed by atoms with Crippen LogP contribution >= 0.6 is 22.9 Å². The van der Waals surface area contributed by atoms with Crippen molar-refractivity contribution in [3.05, 3.63) is 51.4 Å². The molecule has 21 heavy (non-hydrogen) atoms. The zero-order valence-corrected chi connectivity index (χ0v) is 13.4. The van der Waals surface area contributed by atoms with E-state index < -0.39 is 0 Å². The Hall–Kier alpha value is -0.940. The van der Waals surface area contributed by atoms with E-state index in [1.54, 1.807) is 0 Å². The van der Waals surface area contributed by atoms with Crippen LogP contribution in [-0.2, 0) is 13.1 Å². The smallest absolute Gasteiger partial charge is 0.183 e. The Bertz CT molecular complexity index is 571. The predicted octanol–water partition coefficient (Wildman–Crippen LogP) is 3.57. The van der Waals surface area contributed by atoms with E-state index >= 15 is 0 Å². The summed E-state index contributed by atoms with van der Waals surface area (Å²) in [7, 11) is 0. The van der Waals surface area contributed by atoms with E-state index in [1.807, 2.05) is 12.3 Å². The van der Waals surface area contributed by atoms with Gasteiger partial charge in [0.2, 0.25) is 0 Å². The minimum absolute atomic E-state index is 0.212. The summed E-state index contributed by atoms with van der Waals surface area (Å²) in [4.78, 5) is 7.62. The van der Waals surface area contributed by atoms with E-state index in [-0.39, 0.29) is 12.6 Å². The lowest BCUT2D eigenvalue weighted by molar-refractivity contribution is 0.0953. The molecule has 1 N–H and O–H groups in total. The maximum absolute atomic E-state index is 9.79. The second-order valence-electron chi connectivity index (χ2n) is 5.56. The van der Waals surface area contributed by atoms with Gasteiger partial charge in [-0.2, -0.15) is 0 Å². The van der Waals surface area contributed by atoms with Crippen molar-refractivity contribution in [1.82, 2.24) is 9.88 Å². The number of aromatic nitrogens is 1. The molecule has 0 aliphatic heterocycles. The summed E-state index contributed by atoms with van der Waals surface area (Å²) in [6, 6.07) is 10.6. The fourth-order valence-corrected chi connectivity index (χ4v) is 3.71. The number of thiazole rings is 1. The van der Waals surface area contributed by atoms with Gasteiger partial charge < -0.3 is 5.11 Å². The molecule has 1 atom stereocenters. The van der Waals surface area contributed by atoms with E-state index in [0.29, 0.717) is 10.4 Å². The van der Waals surface area contributed by atoms with E-state index in [0.717, 1.165) is 18.0 Å². The first-order chi connectivity index (χ1) is 10.3. The molecule has 0 radical (unpaired) electrons. The van der Waals surface area contributed by atoms with Gasteiger partial charge in [0, 0.05) is 30.2 Å². The normalized spacial score (nSPS) is 16.3. The van der Waals surface area contributed by atoms with Crippen LogP contribution in [0.3, 0.4) is 0 Å². The standard InChI is InChI=1S/C16H19ClN2OS/c17-16-18-8-14(21-16)10-19(15(11-20)13-6-7-13)9-12-4-2-1-3-5-12/h1-5,8,13,15,20H,6-7,9-11H2. The van der Waals surface area contributed by atoms with Crippen LogP contribution in [0.25, 0.3) is 0 Å². The van der Waals surface area contributed by atoms with Crippen LogP contribution in [0.15, 0.2) is 36.5 Å². The lowest BCUT2D eigenvalue weighted by Gasteiger charge is -2.30. The quantitative estimate of drug-likeness (QED) is 0.846. The van der Waals surface area contributed by atoms with Gasteiger partial charge in [0.25, 0.3) is 0 Å². The second kappa shape index (κ2) is 6.88. The van der Waals surface area contributed by atoms with Crippen molar-refractivity contribution in [2.24, 2.45) is 5.92 Å². The van der Waals surface area contributed by atoms with Gasteiger partial charge in [-0.05, 0) is 24.3 Å². The van der Waals surface area contributed by atoms with Crippen molar-refractivity contribution in [3.8, 4) is 0 Å². The molecule has 0 bridgehead atoms. The Morgan fingerprint density at radius 1 is 1.29 bits per heavy atom. The molecule has 1 unspecified atom stereocenters. The monoisotopic (exact) mass is 322 g/mol. The first-order valence-electron chi connectivity index (χ1n) is 7.25. The van der Waals surface area contributed by atoms with Crippen LogP contribution in [-0.4, -0.2) is 27.6 Å². The molecule has 1 fully saturated rings. The van der Waals surface area contributed by atoms with Crippen LogP contribution in [0.4, 0.5) is 0 Å². The molecular weight excluding hydrogens is 304 g/mol. The Morgan fingerprint density at radius 2 is 2.05 bits per heavy atom. The van der Waals surface area contributed by atoms with Crippen molar-refractivity contribution in [2.75, 3.05) is 6.61 Å². The summed E-state index contributed by atoms with van der Waals surface area (Å²) >= 11 is 7.45. The minimum Gasteiger partial charge on any atom is -0.395 e. The molecule has 1 saturated carbocycles. The molecule has 112 valence electrons. The first kappa shape index (κ1) is 15.0. The Balaban J connectivity index is 1.76. The molecule has 0 spiro atoms. The summed E-state index contributed by atoms with van der Waals surface area (Å²) < 4.78 is 0.580. The lowest BCUT2D eigenvalue weighted by atomic mass is 10.1. The van der Waals surface area contributed by atoms with Crippen LogP contribution in [0.1, 0.15) is 23.3 Å². The highest BCUT2D eigenvalue weighted by Gasteiger charge is 2.35. The van der Waals surface area contributed by atoms with Crippen LogP contribution in [0, 0.1) is 5.92 Å². The van der Waals surface area contributed by atoms with Gasteiger partial charge in [-0.1, -0.05) is 41.9 Å². The molecular formula is C16H19ClN2OS. The maximum Gasteiger partial charge on any atom is 0.183 e. The van der Waals surface area contributed by atoms with Gasteiger partial charge in [-0.3, -0.25) is 4.90 Å². The van der Waals surface area contributed by atoms with Crippen LogP contribution in [0.2, 0.25) is 4.47 Å². The third-order valence-corrected chi connectivity index (χ3v) is 5.03. The molecule has 1 heterocycles. The largest absolute Gasteiger partial charge is 0.395 e. The highest BCUT2D eigenvalue weighted by atomic mass is 35.5. The number of aliphatic hydroxyl groups is 1. The van der Waals surface area contributed by atoms with Gasteiger partial charge >= 0.3 is 0 Å². The number of halogens is 1. The van der Waals surface area contributed by atoms with Crippen LogP contribution in [0.5, 0.6) is 0 Å². The SMILES string of the molecule is OCC(C1CC1)N(Cc1ccccc1)Cc1cnc(Cl)s1. The van der Waals surface area contributed by atoms with Gasteiger partial charge in [0.05, 0.1) is 6.61 Å². The molecule has 0 saturated heterocycles. The number of nitrogens with zero attached hydrogens (tertiary/aromatic N) is 2. The molecule has 1 aromatic carbocycles. The third kappa shape index (κ3) is 4.04. The Labute approximate surface area is 134 Å². The summed E-state index contributed by atoms with van der Waals surface area (Å²) in [6.07, 6.45) is 4.28. The molecule has 1 aliphatic rings. The Kier molecular flexibility index (Phi) is 4.91. The molecule has 3 nitrogen and oxygen atoms in total. The number of hydrogen-bond donors (Lipinski definition) is 1. The van der Waals surface area contributed by atoms with Gasteiger partial charge in [-0.15, -0.1) is 11.3 Å². The molecule has 2 aromatic rings.